The molecule has 1 aliphatic heterocycles. The summed E-state index contributed by atoms with van der Waals surface area (Å²) in [5, 5.41) is 0.889. The number of nitrogens with zero attached hydrogens (tertiary/aromatic N) is 1. The Balaban J connectivity index is 1.54. The number of nitrogens with one attached hydrogen (secondary N) is 1. The molecule has 1 aromatic carbocycles. The van der Waals surface area contributed by atoms with Gasteiger partial charge in [-0.1, -0.05) is 12.2 Å². The molecular weight excluding hydrogens is 324 g/mol. The molecule has 25 heavy (non-hydrogen) atoms. The van der Waals surface area contributed by atoms with Gasteiger partial charge in [-0.15, -0.1) is 0 Å². The lowest BCUT2D eigenvalue weighted by atomic mass is 9.85. The summed E-state index contributed by atoms with van der Waals surface area (Å²) in [5.41, 5.74) is 2.73. The third-order valence-electron chi connectivity index (χ3n) is 5.33. The smallest absolute Gasteiger partial charge is 0.270 e. The summed E-state index contributed by atoms with van der Waals surface area (Å²) in [5.74, 6) is -0.757. The maximum Gasteiger partial charge on any atom is 0.270 e. The molecule has 7 heteroatoms. The Morgan fingerprint density at radius 2 is 1.64 bits per heavy atom. The van der Waals surface area contributed by atoms with E-state index >= 15 is 0 Å². The lowest BCUT2D eigenvalue weighted by Crippen LogP contribution is -2.47. The summed E-state index contributed by atoms with van der Waals surface area (Å²) in [6.07, 6.45) is 4.87. The first kappa shape index (κ1) is 15.7. The van der Waals surface area contributed by atoms with Crippen LogP contribution in [-0.4, -0.2) is 37.0 Å². The van der Waals surface area contributed by atoms with Crippen molar-refractivity contribution in [1.29, 1.82) is 0 Å². The Kier molecular flexibility index (Phi) is 3.52. The number of ether oxygens (including phenoxy) is 2. The third-order valence-corrected chi connectivity index (χ3v) is 5.33. The topological polar surface area (TPSA) is 84.9 Å². The molecule has 1 heterocycles. The highest BCUT2D eigenvalue weighted by molar-refractivity contribution is 6.08. The molecule has 0 radical (unpaired) electrons. The number of amides is 3. The number of imide groups is 1. The Bertz CT molecular complexity index is 773. The van der Waals surface area contributed by atoms with Crippen molar-refractivity contribution in [2.45, 2.75) is 6.42 Å². The molecule has 2 aliphatic carbocycles. The number of carbonyl (C=O) groups is 3. The first-order valence-corrected chi connectivity index (χ1v) is 8.14. The van der Waals surface area contributed by atoms with E-state index in [-0.39, 0.29) is 41.0 Å². The monoisotopic (exact) mass is 342 g/mol. The fraction of sp³-hybridized carbons (Fsp3) is 0.389. The van der Waals surface area contributed by atoms with Crippen LogP contribution in [0.15, 0.2) is 30.4 Å². The molecule has 4 atom stereocenters. The number of fused-ring (bicyclic) bond motifs is 5. The summed E-state index contributed by atoms with van der Waals surface area (Å²) in [7, 11) is 2.97. The van der Waals surface area contributed by atoms with E-state index in [0.29, 0.717) is 11.5 Å². The summed E-state index contributed by atoms with van der Waals surface area (Å²) < 4.78 is 10.3. The van der Waals surface area contributed by atoms with E-state index in [0.717, 1.165) is 11.4 Å². The van der Waals surface area contributed by atoms with Gasteiger partial charge in [-0.25, -0.2) is 0 Å². The van der Waals surface area contributed by atoms with Crippen molar-refractivity contribution < 1.29 is 23.9 Å². The zero-order chi connectivity index (χ0) is 17.7. The maximum atomic E-state index is 12.6. The van der Waals surface area contributed by atoms with Gasteiger partial charge in [0.05, 0.1) is 26.1 Å². The molecular formula is C18H18N2O5. The maximum absolute atomic E-state index is 12.6. The van der Waals surface area contributed by atoms with Gasteiger partial charge in [-0.05, 0) is 36.5 Å². The van der Waals surface area contributed by atoms with Crippen molar-refractivity contribution >= 4 is 17.7 Å². The minimum atomic E-state index is -0.539. The number of carbonyl (C=O) groups excluding carboxylic acids is 3. The molecule has 130 valence electrons. The molecule has 1 aromatic rings. The third kappa shape index (κ3) is 2.22. The molecule has 0 spiro atoms. The van der Waals surface area contributed by atoms with E-state index in [2.05, 4.69) is 5.43 Å². The zero-order valence-electron chi connectivity index (χ0n) is 13.9. The molecule has 0 unspecified atom stereocenters. The largest absolute Gasteiger partial charge is 0.493 e. The van der Waals surface area contributed by atoms with Crippen molar-refractivity contribution in [2.75, 3.05) is 14.2 Å². The summed E-state index contributed by atoms with van der Waals surface area (Å²) in [6.45, 7) is 0. The number of rotatable bonds is 4. The fourth-order valence-corrected chi connectivity index (χ4v) is 4.16. The minimum absolute atomic E-state index is 0.106. The van der Waals surface area contributed by atoms with Gasteiger partial charge in [0.25, 0.3) is 17.7 Å². The average Bonchev–Trinajstić information content (AvgIpc) is 3.31. The minimum Gasteiger partial charge on any atom is -0.493 e. The molecule has 7 nitrogen and oxygen atoms in total. The fourth-order valence-electron chi connectivity index (χ4n) is 4.16. The molecule has 4 rings (SSSR count). The van der Waals surface area contributed by atoms with E-state index in [1.54, 1.807) is 12.1 Å². The molecule has 0 aromatic heterocycles. The van der Waals surface area contributed by atoms with Gasteiger partial charge < -0.3 is 9.47 Å². The van der Waals surface area contributed by atoms with Crippen LogP contribution in [0.2, 0.25) is 0 Å². The van der Waals surface area contributed by atoms with Crippen LogP contribution in [0.5, 0.6) is 11.5 Å². The second kappa shape index (κ2) is 5.61. The van der Waals surface area contributed by atoms with E-state index in [1.807, 2.05) is 12.2 Å². The number of hydrogen-bond acceptors (Lipinski definition) is 5. The second-order valence-electron chi connectivity index (χ2n) is 6.52. The predicted molar refractivity (Wildman–Crippen MR) is 86.6 cm³/mol. The van der Waals surface area contributed by atoms with E-state index in [4.69, 9.17) is 9.47 Å². The van der Waals surface area contributed by atoms with Crippen molar-refractivity contribution in [3.05, 3.63) is 35.9 Å². The van der Waals surface area contributed by atoms with Crippen LogP contribution in [0.3, 0.4) is 0 Å². The average molecular weight is 342 g/mol. The van der Waals surface area contributed by atoms with Crippen LogP contribution in [0.25, 0.3) is 0 Å². The van der Waals surface area contributed by atoms with Crippen LogP contribution in [0, 0.1) is 23.7 Å². The highest BCUT2D eigenvalue weighted by Crippen LogP contribution is 2.52. The van der Waals surface area contributed by atoms with Gasteiger partial charge >= 0.3 is 0 Å². The highest BCUT2D eigenvalue weighted by atomic mass is 16.5. The normalized spacial score (nSPS) is 29.1. The number of hydrogen-bond donors (Lipinski definition) is 1. The van der Waals surface area contributed by atoms with E-state index in [9.17, 15) is 14.4 Å². The van der Waals surface area contributed by atoms with Crippen LogP contribution < -0.4 is 14.9 Å². The van der Waals surface area contributed by atoms with Crippen LogP contribution in [0.1, 0.15) is 16.8 Å². The Hall–Kier alpha value is -2.83. The Morgan fingerprint density at radius 1 is 1.04 bits per heavy atom. The molecule has 3 amide bonds. The van der Waals surface area contributed by atoms with Gasteiger partial charge in [0.2, 0.25) is 0 Å². The standard InChI is InChI=1S/C18H18N2O5/c1-24-12-6-5-11(8-13(12)25-2)16(21)19-20-17(22)14-9-3-4-10(7-9)15(14)18(20)23/h3-6,8-10,14-15H,7H2,1-2H3,(H,19,21)/t9-,10+,14-,15-/m0/s1. The lowest BCUT2D eigenvalue weighted by Gasteiger charge is -2.18. The number of methoxy groups -OCH3 is 2. The molecule has 2 bridgehead atoms. The van der Waals surface area contributed by atoms with Crippen molar-refractivity contribution in [1.82, 2.24) is 10.4 Å². The van der Waals surface area contributed by atoms with E-state index in [1.165, 1.54) is 20.3 Å². The summed E-state index contributed by atoms with van der Waals surface area (Å²) >= 11 is 0. The lowest BCUT2D eigenvalue weighted by molar-refractivity contribution is -0.143. The quantitative estimate of drug-likeness (QED) is 0.655. The molecule has 2 fully saturated rings. The van der Waals surface area contributed by atoms with Gasteiger partial charge in [0.1, 0.15) is 0 Å². The van der Waals surface area contributed by atoms with Crippen LogP contribution >= 0.6 is 0 Å². The number of hydrazine groups is 1. The summed E-state index contributed by atoms with van der Waals surface area (Å²) in [4.78, 5) is 37.7. The van der Waals surface area contributed by atoms with Gasteiger partial charge in [-0.3, -0.25) is 19.8 Å². The Labute approximate surface area is 144 Å². The Morgan fingerprint density at radius 3 is 2.20 bits per heavy atom. The first-order chi connectivity index (χ1) is 12.0. The molecule has 1 saturated heterocycles. The van der Waals surface area contributed by atoms with Gasteiger partial charge in [0, 0.05) is 5.56 Å². The van der Waals surface area contributed by atoms with Crippen LogP contribution in [0.4, 0.5) is 0 Å². The number of allylic oxidation sites excluding steroid dienone is 2. The molecule has 3 aliphatic rings. The molecule has 1 N–H and O–H groups in total. The second-order valence-corrected chi connectivity index (χ2v) is 6.52. The SMILES string of the molecule is COc1ccc(C(=O)NN2C(=O)[C@@H]3[C@@H](C2=O)[C@H]2C=C[C@@H]3C2)cc1OC. The molecule has 1 saturated carbocycles. The van der Waals surface area contributed by atoms with Crippen molar-refractivity contribution in [3.8, 4) is 11.5 Å². The van der Waals surface area contributed by atoms with Crippen molar-refractivity contribution in [2.24, 2.45) is 23.7 Å². The zero-order valence-corrected chi connectivity index (χ0v) is 13.9. The number of benzene rings is 1. The predicted octanol–water partition coefficient (Wildman–Crippen LogP) is 1.16. The van der Waals surface area contributed by atoms with E-state index < -0.39 is 5.91 Å². The van der Waals surface area contributed by atoms with Crippen LogP contribution in [-0.2, 0) is 9.59 Å². The van der Waals surface area contributed by atoms with Gasteiger partial charge in [0.15, 0.2) is 11.5 Å². The van der Waals surface area contributed by atoms with Crippen molar-refractivity contribution in [3.63, 3.8) is 0 Å². The summed E-state index contributed by atoms with van der Waals surface area (Å²) in [6, 6.07) is 4.65. The first-order valence-electron chi connectivity index (χ1n) is 8.14. The highest BCUT2D eigenvalue weighted by Gasteiger charge is 2.59. The van der Waals surface area contributed by atoms with Gasteiger partial charge in [-0.2, -0.15) is 5.01 Å².